The highest BCUT2D eigenvalue weighted by Crippen LogP contribution is 2.20. The van der Waals surface area contributed by atoms with Crippen molar-refractivity contribution in [2.45, 2.75) is 32.9 Å². The van der Waals surface area contributed by atoms with Gasteiger partial charge in [0.25, 0.3) is 0 Å². The van der Waals surface area contributed by atoms with Crippen LogP contribution in [0.2, 0.25) is 0 Å². The molecular formula is C14H21F3N2. The number of alkyl halides is 3. The number of benzene rings is 1. The molecule has 0 unspecified atom stereocenters. The lowest BCUT2D eigenvalue weighted by molar-refractivity contribution is -0.115. The first kappa shape index (κ1) is 15.7. The number of halogens is 3. The van der Waals surface area contributed by atoms with Crippen LogP contribution in [0.4, 0.5) is 24.5 Å². The van der Waals surface area contributed by atoms with Gasteiger partial charge in [0.05, 0.1) is 0 Å². The van der Waals surface area contributed by atoms with Crippen LogP contribution in [0.5, 0.6) is 0 Å². The fourth-order valence-corrected chi connectivity index (χ4v) is 1.90. The lowest BCUT2D eigenvalue weighted by atomic mass is 10.2. The van der Waals surface area contributed by atoms with Gasteiger partial charge < -0.3 is 10.2 Å². The van der Waals surface area contributed by atoms with Crippen molar-refractivity contribution < 1.29 is 13.2 Å². The Morgan fingerprint density at radius 3 is 1.95 bits per heavy atom. The smallest absolute Gasteiger partial charge is 0.376 e. The summed E-state index contributed by atoms with van der Waals surface area (Å²) in [7, 11) is 0. The van der Waals surface area contributed by atoms with Crippen molar-refractivity contribution in [2.75, 3.05) is 29.9 Å². The second-order valence-corrected chi connectivity index (χ2v) is 4.50. The molecule has 1 aromatic carbocycles. The Labute approximate surface area is 112 Å². The van der Waals surface area contributed by atoms with Crippen LogP contribution in [0.3, 0.4) is 0 Å². The molecule has 0 aliphatic rings. The first-order valence-corrected chi connectivity index (χ1v) is 6.62. The van der Waals surface area contributed by atoms with E-state index < -0.39 is 12.7 Å². The molecule has 108 valence electrons. The molecule has 2 nitrogen and oxygen atoms in total. The zero-order valence-electron chi connectivity index (χ0n) is 11.4. The van der Waals surface area contributed by atoms with Gasteiger partial charge in [-0.3, -0.25) is 0 Å². The summed E-state index contributed by atoms with van der Waals surface area (Å²) in [5.74, 6) is 0. The molecule has 0 radical (unpaired) electrons. The highest BCUT2D eigenvalue weighted by molar-refractivity contribution is 5.55. The molecule has 0 aromatic heterocycles. The van der Waals surface area contributed by atoms with E-state index in [0.29, 0.717) is 5.69 Å². The molecule has 1 rings (SSSR count). The summed E-state index contributed by atoms with van der Waals surface area (Å²) in [6.07, 6.45) is -2.09. The number of rotatable bonds is 7. The molecule has 0 atom stereocenters. The van der Waals surface area contributed by atoms with Crippen molar-refractivity contribution in [3.05, 3.63) is 24.3 Å². The van der Waals surface area contributed by atoms with Crippen LogP contribution in [0.25, 0.3) is 0 Å². The van der Waals surface area contributed by atoms with E-state index in [1.54, 1.807) is 12.1 Å². The lowest BCUT2D eigenvalue weighted by Crippen LogP contribution is -2.25. The van der Waals surface area contributed by atoms with Crippen molar-refractivity contribution >= 4 is 11.4 Å². The standard InChI is InChI=1S/C14H21F3N2/c1-3-9-19(10-4-2)13-7-5-12(6-8-13)18-11-14(15,16)17/h5-8,18H,3-4,9-11H2,1-2H3. The van der Waals surface area contributed by atoms with E-state index in [-0.39, 0.29) is 0 Å². The quantitative estimate of drug-likeness (QED) is 0.798. The molecule has 0 amide bonds. The maximum absolute atomic E-state index is 12.1. The van der Waals surface area contributed by atoms with Crippen molar-refractivity contribution in [3.63, 3.8) is 0 Å². The van der Waals surface area contributed by atoms with E-state index in [9.17, 15) is 13.2 Å². The van der Waals surface area contributed by atoms with E-state index in [0.717, 1.165) is 31.6 Å². The number of hydrogen-bond donors (Lipinski definition) is 1. The Morgan fingerprint density at radius 2 is 1.53 bits per heavy atom. The Hall–Kier alpha value is -1.39. The molecular weight excluding hydrogens is 253 g/mol. The zero-order valence-corrected chi connectivity index (χ0v) is 11.4. The van der Waals surface area contributed by atoms with Gasteiger partial charge in [-0.1, -0.05) is 13.8 Å². The number of nitrogens with one attached hydrogen (secondary N) is 1. The fraction of sp³-hybridized carbons (Fsp3) is 0.571. The summed E-state index contributed by atoms with van der Waals surface area (Å²) >= 11 is 0. The third-order valence-corrected chi connectivity index (χ3v) is 2.71. The van der Waals surface area contributed by atoms with Crippen molar-refractivity contribution in [3.8, 4) is 0 Å². The Kier molecular flexibility index (Phi) is 5.99. The highest BCUT2D eigenvalue weighted by atomic mass is 19.4. The highest BCUT2D eigenvalue weighted by Gasteiger charge is 2.26. The average Bonchev–Trinajstić information content (AvgIpc) is 2.36. The first-order chi connectivity index (χ1) is 8.96. The molecule has 0 heterocycles. The Balaban J connectivity index is 2.63. The van der Waals surface area contributed by atoms with E-state index in [1.165, 1.54) is 0 Å². The summed E-state index contributed by atoms with van der Waals surface area (Å²) in [6.45, 7) is 5.15. The zero-order chi connectivity index (χ0) is 14.3. The van der Waals surface area contributed by atoms with Gasteiger partial charge >= 0.3 is 6.18 Å². The molecule has 0 aliphatic carbocycles. The molecule has 0 aliphatic heterocycles. The van der Waals surface area contributed by atoms with Crippen LogP contribution in [0.15, 0.2) is 24.3 Å². The molecule has 1 aromatic rings. The van der Waals surface area contributed by atoms with Crippen LogP contribution in [0.1, 0.15) is 26.7 Å². The van der Waals surface area contributed by atoms with Gasteiger partial charge in [-0.05, 0) is 37.1 Å². The molecule has 0 bridgehead atoms. The molecule has 0 saturated carbocycles. The summed E-state index contributed by atoms with van der Waals surface area (Å²) in [5.41, 5.74) is 1.55. The second kappa shape index (κ2) is 7.26. The van der Waals surface area contributed by atoms with Gasteiger partial charge in [0.1, 0.15) is 6.54 Å². The molecule has 1 N–H and O–H groups in total. The van der Waals surface area contributed by atoms with Crippen LogP contribution >= 0.6 is 0 Å². The lowest BCUT2D eigenvalue weighted by Gasteiger charge is -2.24. The fourth-order valence-electron chi connectivity index (χ4n) is 1.90. The Morgan fingerprint density at radius 1 is 1.00 bits per heavy atom. The minimum absolute atomic E-state index is 0.494. The van der Waals surface area contributed by atoms with E-state index in [1.807, 2.05) is 12.1 Å². The first-order valence-electron chi connectivity index (χ1n) is 6.62. The predicted molar refractivity (Wildman–Crippen MR) is 73.8 cm³/mol. The third kappa shape index (κ3) is 5.85. The molecule has 0 saturated heterocycles. The molecule has 0 spiro atoms. The minimum Gasteiger partial charge on any atom is -0.376 e. The number of nitrogens with zero attached hydrogens (tertiary/aromatic N) is 1. The minimum atomic E-state index is -4.19. The van der Waals surface area contributed by atoms with Crippen molar-refractivity contribution in [1.82, 2.24) is 0 Å². The largest absolute Gasteiger partial charge is 0.405 e. The van der Waals surface area contributed by atoms with Crippen molar-refractivity contribution in [1.29, 1.82) is 0 Å². The SMILES string of the molecule is CCCN(CCC)c1ccc(NCC(F)(F)F)cc1. The summed E-state index contributed by atoms with van der Waals surface area (Å²) < 4.78 is 36.2. The van der Waals surface area contributed by atoms with E-state index >= 15 is 0 Å². The average molecular weight is 274 g/mol. The second-order valence-electron chi connectivity index (χ2n) is 4.50. The predicted octanol–water partition coefficient (Wildman–Crippen LogP) is 4.29. The molecule has 5 heteroatoms. The topological polar surface area (TPSA) is 15.3 Å². The van der Waals surface area contributed by atoms with Crippen LogP contribution in [-0.4, -0.2) is 25.8 Å². The maximum Gasteiger partial charge on any atom is 0.405 e. The van der Waals surface area contributed by atoms with Gasteiger partial charge in [-0.15, -0.1) is 0 Å². The monoisotopic (exact) mass is 274 g/mol. The molecule has 0 fully saturated rings. The normalized spacial score (nSPS) is 11.4. The van der Waals surface area contributed by atoms with Crippen LogP contribution < -0.4 is 10.2 Å². The van der Waals surface area contributed by atoms with Gasteiger partial charge in [0.15, 0.2) is 0 Å². The summed E-state index contributed by atoms with van der Waals surface area (Å²) in [4.78, 5) is 2.24. The summed E-state index contributed by atoms with van der Waals surface area (Å²) in [5, 5.41) is 2.37. The summed E-state index contributed by atoms with van der Waals surface area (Å²) in [6, 6.07) is 7.12. The van der Waals surface area contributed by atoms with Gasteiger partial charge in [0.2, 0.25) is 0 Å². The van der Waals surface area contributed by atoms with E-state index in [2.05, 4.69) is 24.1 Å². The number of anilines is 2. The maximum atomic E-state index is 12.1. The Bertz CT molecular complexity index is 354. The molecule has 19 heavy (non-hydrogen) atoms. The van der Waals surface area contributed by atoms with Crippen LogP contribution in [-0.2, 0) is 0 Å². The third-order valence-electron chi connectivity index (χ3n) is 2.71. The van der Waals surface area contributed by atoms with Crippen molar-refractivity contribution in [2.24, 2.45) is 0 Å². The van der Waals surface area contributed by atoms with Crippen LogP contribution in [0, 0.1) is 0 Å². The van der Waals surface area contributed by atoms with E-state index in [4.69, 9.17) is 0 Å². The van der Waals surface area contributed by atoms with Gasteiger partial charge in [0, 0.05) is 24.5 Å². The number of hydrogen-bond acceptors (Lipinski definition) is 2. The van der Waals surface area contributed by atoms with Gasteiger partial charge in [-0.25, -0.2) is 0 Å². The van der Waals surface area contributed by atoms with Gasteiger partial charge in [-0.2, -0.15) is 13.2 Å².